The van der Waals surface area contributed by atoms with Crippen LogP contribution >= 0.6 is 0 Å². The molecule has 0 atom stereocenters. The Balaban J connectivity index is 2.66. The van der Waals surface area contributed by atoms with E-state index in [-0.39, 0.29) is 17.7 Å². The van der Waals surface area contributed by atoms with E-state index in [1.165, 1.54) is 6.42 Å². The first-order chi connectivity index (χ1) is 7.50. The van der Waals surface area contributed by atoms with Crippen LogP contribution in [0.4, 0.5) is 0 Å². The molecule has 1 aliphatic rings. The van der Waals surface area contributed by atoms with Crippen LogP contribution in [0.3, 0.4) is 0 Å². The van der Waals surface area contributed by atoms with Crippen molar-refractivity contribution in [3.8, 4) is 0 Å². The summed E-state index contributed by atoms with van der Waals surface area (Å²) in [5.41, 5.74) is -0.974. The second-order valence-corrected chi connectivity index (χ2v) is 5.04. The Kier molecular flexibility index (Phi) is 4.51. The van der Waals surface area contributed by atoms with E-state index in [1.807, 2.05) is 0 Å². The number of hydrogen-bond acceptors (Lipinski definition) is 3. The van der Waals surface area contributed by atoms with Gasteiger partial charge >= 0.3 is 5.97 Å². The van der Waals surface area contributed by atoms with Gasteiger partial charge in [0.15, 0.2) is 5.78 Å². The van der Waals surface area contributed by atoms with E-state index in [4.69, 9.17) is 4.74 Å². The third kappa shape index (κ3) is 2.83. The van der Waals surface area contributed by atoms with Gasteiger partial charge in [0.2, 0.25) is 0 Å². The summed E-state index contributed by atoms with van der Waals surface area (Å²) in [4.78, 5) is 23.9. The van der Waals surface area contributed by atoms with Crippen molar-refractivity contribution in [2.24, 2.45) is 11.3 Å². The van der Waals surface area contributed by atoms with E-state index < -0.39 is 5.41 Å². The average Bonchev–Trinajstić information content (AvgIpc) is 2.29. The Hall–Kier alpha value is -0.860. The van der Waals surface area contributed by atoms with Gasteiger partial charge in [-0.1, -0.05) is 19.3 Å². The molecule has 0 aromatic heterocycles. The molecular weight excluding hydrogens is 204 g/mol. The molecule has 0 amide bonds. The first-order valence-electron chi connectivity index (χ1n) is 6.21. The van der Waals surface area contributed by atoms with Crippen molar-refractivity contribution < 1.29 is 14.3 Å². The van der Waals surface area contributed by atoms with E-state index in [2.05, 4.69) is 0 Å². The summed E-state index contributed by atoms with van der Waals surface area (Å²) in [6.07, 6.45) is 5.29. The van der Waals surface area contributed by atoms with Gasteiger partial charge in [0.25, 0.3) is 0 Å². The number of hydrogen-bond donors (Lipinski definition) is 0. The summed E-state index contributed by atoms with van der Waals surface area (Å²) in [5.74, 6) is -0.260. The third-order valence-electron chi connectivity index (χ3n) is 3.38. The van der Waals surface area contributed by atoms with E-state index in [1.54, 1.807) is 20.8 Å². The van der Waals surface area contributed by atoms with Crippen molar-refractivity contribution in [3.63, 3.8) is 0 Å². The fraction of sp³-hybridized carbons (Fsp3) is 0.846. The van der Waals surface area contributed by atoms with Gasteiger partial charge in [-0.25, -0.2) is 0 Å². The Labute approximate surface area is 97.5 Å². The Morgan fingerprint density at radius 2 is 1.75 bits per heavy atom. The maximum atomic E-state index is 12.2. The van der Waals surface area contributed by atoms with Gasteiger partial charge < -0.3 is 4.74 Å². The van der Waals surface area contributed by atoms with Gasteiger partial charge in [0, 0.05) is 5.92 Å². The second kappa shape index (κ2) is 5.46. The minimum atomic E-state index is -0.974. The third-order valence-corrected chi connectivity index (χ3v) is 3.38. The molecule has 1 rings (SSSR count). The smallest absolute Gasteiger partial charge is 0.319 e. The monoisotopic (exact) mass is 226 g/mol. The normalized spacial score (nSPS) is 18.2. The van der Waals surface area contributed by atoms with E-state index >= 15 is 0 Å². The molecule has 16 heavy (non-hydrogen) atoms. The molecule has 0 N–H and O–H groups in total. The van der Waals surface area contributed by atoms with Crippen LogP contribution in [0.15, 0.2) is 0 Å². The van der Waals surface area contributed by atoms with Crippen LogP contribution < -0.4 is 0 Å². The lowest BCUT2D eigenvalue weighted by molar-refractivity contribution is -0.159. The van der Waals surface area contributed by atoms with Crippen molar-refractivity contribution in [2.75, 3.05) is 6.61 Å². The first kappa shape index (κ1) is 13.2. The average molecular weight is 226 g/mol. The van der Waals surface area contributed by atoms with E-state index in [0.29, 0.717) is 6.61 Å². The Bertz CT molecular complexity index is 262. The van der Waals surface area contributed by atoms with Crippen molar-refractivity contribution in [2.45, 2.75) is 52.9 Å². The fourth-order valence-electron chi connectivity index (χ4n) is 2.29. The van der Waals surface area contributed by atoms with Gasteiger partial charge in [-0.3, -0.25) is 9.59 Å². The van der Waals surface area contributed by atoms with Crippen molar-refractivity contribution in [3.05, 3.63) is 0 Å². The molecule has 1 fully saturated rings. The summed E-state index contributed by atoms with van der Waals surface area (Å²) in [6, 6.07) is 0. The van der Waals surface area contributed by atoms with Gasteiger partial charge in [-0.05, 0) is 33.6 Å². The number of Topliss-reactive ketones (excluding diaryl/α,β-unsaturated/α-hetero) is 1. The molecule has 92 valence electrons. The molecule has 0 unspecified atom stereocenters. The molecule has 1 saturated carbocycles. The highest BCUT2D eigenvalue weighted by molar-refractivity contribution is 6.04. The Morgan fingerprint density at radius 3 is 2.25 bits per heavy atom. The molecule has 0 aromatic carbocycles. The summed E-state index contributed by atoms with van der Waals surface area (Å²) in [7, 11) is 0. The molecular formula is C13H22O3. The molecule has 0 spiro atoms. The highest BCUT2D eigenvalue weighted by atomic mass is 16.5. The zero-order valence-corrected chi connectivity index (χ0v) is 10.5. The van der Waals surface area contributed by atoms with Gasteiger partial charge in [0.05, 0.1) is 6.61 Å². The lowest BCUT2D eigenvalue weighted by Crippen LogP contribution is -2.39. The summed E-state index contributed by atoms with van der Waals surface area (Å²) in [5, 5.41) is 0. The molecule has 0 aliphatic heterocycles. The zero-order valence-electron chi connectivity index (χ0n) is 10.5. The largest absolute Gasteiger partial charge is 0.465 e. The lowest BCUT2D eigenvalue weighted by Gasteiger charge is -2.28. The van der Waals surface area contributed by atoms with Gasteiger partial charge in [0.1, 0.15) is 5.41 Å². The minimum Gasteiger partial charge on any atom is -0.465 e. The predicted molar refractivity (Wildman–Crippen MR) is 62.0 cm³/mol. The fourth-order valence-corrected chi connectivity index (χ4v) is 2.29. The lowest BCUT2D eigenvalue weighted by atomic mass is 9.75. The van der Waals surface area contributed by atoms with E-state index in [0.717, 1.165) is 25.7 Å². The van der Waals surface area contributed by atoms with Crippen LogP contribution in [-0.2, 0) is 14.3 Å². The summed E-state index contributed by atoms with van der Waals surface area (Å²) < 4.78 is 4.96. The second-order valence-electron chi connectivity index (χ2n) is 5.04. The molecule has 0 heterocycles. The molecule has 0 saturated heterocycles. The standard InChI is InChI=1S/C13H22O3/c1-4-16-12(15)13(2,3)11(14)10-8-6-5-7-9-10/h10H,4-9H2,1-3H3. The number of carbonyl (C=O) groups excluding carboxylic acids is 2. The highest BCUT2D eigenvalue weighted by Crippen LogP contribution is 2.32. The molecule has 0 bridgehead atoms. The van der Waals surface area contributed by atoms with Crippen LogP contribution in [0.1, 0.15) is 52.9 Å². The quantitative estimate of drug-likeness (QED) is 0.547. The molecule has 1 aliphatic carbocycles. The topological polar surface area (TPSA) is 43.4 Å². The number of rotatable bonds is 4. The van der Waals surface area contributed by atoms with E-state index in [9.17, 15) is 9.59 Å². The molecule has 0 radical (unpaired) electrons. The molecule has 3 nitrogen and oxygen atoms in total. The highest BCUT2D eigenvalue weighted by Gasteiger charge is 2.41. The van der Waals surface area contributed by atoms with Crippen LogP contribution in [0.2, 0.25) is 0 Å². The van der Waals surface area contributed by atoms with Gasteiger partial charge in [-0.15, -0.1) is 0 Å². The first-order valence-corrected chi connectivity index (χ1v) is 6.21. The van der Waals surface area contributed by atoms with Crippen molar-refractivity contribution in [1.82, 2.24) is 0 Å². The van der Waals surface area contributed by atoms with Crippen LogP contribution in [-0.4, -0.2) is 18.4 Å². The SMILES string of the molecule is CCOC(=O)C(C)(C)C(=O)C1CCCCC1. The zero-order chi connectivity index (χ0) is 12.2. The van der Waals surface area contributed by atoms with Crippen LogP contribution in [0.25, 0.3) is 0 Å². The van der Waals surface area contributed by atoms with Crippen molar-refractivity contribution >= 4 is 11.8 Å². The number of ketones is 1. The van der Waals surface area contributed by atoms with Gasteiger partial charge in [-0.2, -0.15) is 0 Å². The summed E-state index contributed by atoms with van der Waals surface area (Å²) in [6.45, 7) is 5.46. The number of esters is 1. The van der Waals surface area contributed by atoms with Crippen LogP contribution in [0.5, 0.6) is 0 Å². The number of ether oxygens (including phenoxy) is 1. The maximum absolute atomic E-state index is 12.2. The molecule has 3 heteroatoms. The minimum absolute atomic E-state index is 0.0608. The summed E-state index contributed by atoms with van der Waals surface area (Å²) >= 11 is 0. The number of carbonyl (C=O) groups is 2. The molecule has 0 aromatic rings. The Morgan fingerprint density at radius 1 is 1.19 bits per heavy atom. The van der Waals surface area contributed by atoms with Crippen molar-refractivity contribution in [1.29, 1.82) is 0 Å². The predicted octanol–water partition coefficient (Wildman–Crippen LogP) is 2.73. The maximum Gasteiger partial charge on any atom is 0.319 e. The van der Waals surface area contributed by atoms with Crippen LogP contribution in [0, 0.1) is 11.3 Å².